The van der Waals surface area contributed by atoms with E-state index in [0.29, 0.717) is 5.56 Å². The number of hydrogen-bond acceptors (Lipinski definition) is 4. The van der Waals surface area contributed by atoms with Crippen molar-refractivity contribution in [2.24, 2.45) is 0 Å². The molecule has 1 rings (SSSR count). The molecule has 0 aliphatic carbocycles. The fourth-order valence-electron chi connectivity index (χ4n) is 1.63. The van der Waals surface area contributed by atoms with Crippen molar-refractivity contribution in [3.05, 3.63) is 27.3 Å². The Hall–Kier alpha value is -1.84. The van der Waals surface area contributed by atoms with Crippen LogP contribution in [0.1, 0.15) is 23.2 Å². The van der Waals surface area contributed by atoms with Crippen molar-refractivity contribution in [1.29, 1.82) is 0 Å². The van der Waals surface area contributed by atoms with E-state index in [9.17, 15) is 14.4 Å². The van der Waals surface area contributed by atoms with E-state index in [0.717, 1.165) is 9.26 Å². The zero-order valence-electron chi connectivity index (χ0n) is 11.2. The van der Waals surface area contributed by atoms with Gasteiger partial charge in [-0.15, -0.1) is 0 Å². The van der Waals surface area contributed by atoms with Gasteiger partial charge in [-0.1, -0.05) is 0 Å². The van der Waals surface area contributed by atoms with E-state index in [-0.39, 0.29) is 12.8 Å². The summed E-state index contributed by atoms with van der Waals surface area (Å²) in [5.41, 5.74) is 1.17. The molecule has 114 valence electrons. The Balaban J connectivity index is 2.79. The second-order valence-corrected chi connectivity index (χ2v) is 5.40. The molecule has 0 aliphatic rings. The molecule has 0 saturated heterocycles. The largest absolute Gasteiger partial charge is 0.481 e. The molecule has 0 radical (unpaired) electrons. The Morgan fingerprint density at radius 2 is 1.95 bits per heavy atom. The number of hydrogen-bond donors (Lipinski definition) is 4. The topological polar surface area (TPSA) is 116 Å². The second kappa shape index (κ2) is 7.81. The molecule has 1 atom stereocenters. The van der Waals surface area contributed by atoms with Gasteiger partial charge >= 0.3 is 11.9 Å². The summed E-state index contributed by atoms with van der Waals surface area (Å²) < 4.78 is 0.820. The summed E-state index contributed by atoms with van der Waals surface area (Å²) in [6.07, 6.45) is -0.491. The molecular formula is C13H15IN2O5. The number of carbonyl (C=O) groups excluding carboxylic acids is 1. The summed E-state index contributed by atoms with van der Waals surface area (Å²) in [5.74, 6) is -2.91. The van der Waals surface area contributed by atoms with Crippen molar-refractivity contribution in [3.63, 3.8) is 0 Å². The van der Waals surface area contributed by atoms with Crippen LogP contribution in [0.4, 0.5) is 5.69 Å². The summed E-state index contributed by atoms with van der Waals surface area (Å²) in [6.45, 7) is 0. The highest BCUT2D eigenvalue weighted by atomic mass is 127. The average Bonchev–Trinajstić information content (AvgIpc) is 2.42. The Bertz CT molecular complexity index is 561. The molecule has 1 aromatic rings. The number of halogens is 1. The van der Waals surface area contributed by atoms with Crippen molar-refractivity contribution < 1.29 is 24.6 Å². The van der Waals surface area contributed by atoms with Gasteiger partial charge in [0.05, 0.1) is 0 Å². The van der Waals surface area contributed by atoms with Crippen LogP contribution in [0.5, 0.6) is 0 Å². The van der Waals surface area contributed by atoms with Gasteiger partial charge < -0.3 is 20.8 Å². The molecule has 0 spiro atoms. The molecule has 0 aliphatic heterocycles. The van der Waals surface area contributed by atoms with Crippen molar-refractivity contribution in [3.8, 4) is 0 Å². The van der Waals surface area contributed by atoms with Crippen molar-refractivity contribution in [2.45, 2.75) is 18.9 Å². The molecule has 0 aromatic heterocycles. The van der Waals surface area contributed by atoms with Crippen LogP contribution in [0.25, 0.3) is 0 Å². The third-order valence-corrected chi connectivity index (χ3v) is 3.64. The number of carboxylic acid groups (broad SMARTS) is 2. The van der Waals surface area contributed by atoms with Crippen LogP contribution >= 0.6 is 22.6 Å². The first-order valence-corrected chi connectivity index (χ1v) is 7.15. The van der Waals surface area contributed by atoms with Gasteiger partial charge in [0.1, 0.15) is 6.04 Å². The molecule has 8 heteroatoms. The summed E-state index contributed by atoms with van der Waals surface area (Å²) in [5, 5.41) is 22.9. The lowest BCUT2D eigenvalue weighted by molar-refractivity contribution is -0.140. The van der Waals surface area contributed by atoms with Gasteiger partial charge in [-0.2, -0.15) is 0 Å². The van der Waals surface area contributed by atoms with Crippen LogP contribution in [-0.4, -0.2) is 41.1 Å². The lowest BCUT2D eigenvalue weighted by Gasteiger charge is -2.14. The fraction of sp³-hybridized carbons (Fsp3) is 0.308. The zero-order chi connectivity index (χ0) is 16.0. The van der Waals surface area contributed by atoms with E-state index >= 15 is 0 Å². The Labute approximate surface area is 134 Å². The maximum absolute atomic E-state index is 12.0. The number of rotatable bonds is 7. The minimum Gasteiger partial charge on any atom is -0.481 e. The average molecular weight is 406 g/mol. The van der Waals surface area contributed by atoms with E-state index in [1.54, 1.807) is 25.2 Å². The first-order chi connectivity index (χ1) is 9.85. The minimum atomic E-state index is -1.26. The minimum absolute atomic E-state index is 0.165. The molecule has 0 fully saturated rings. The molecule has 0 heterocycles. The van der Waals surface area contributed by atoms with E-state index in [4.69, 9.17) is 10.2 Å². The number of amides is 1. The van der Waals surface area contributed by atoms with Crippen LogP contribution in [0, 0.1) is 3.57 Å². The molecule has 0 unspecified atom stereocenters. The molecule has 21 heavy (non-hydrogen) atoms. The lowest BCUT2D eigenvalue weighted by Crippen LogP contribution is -2.41. The van der Waals surface area contributed by atoms with Gasteiger partial charge in [-0.3, -0.25) is 9.59 Å². The SMILES string of the molecule is CNc1ccc(C(=O)N[C@@H](CCC(=O)O)C(=O)O)cc1I. The Kier molecular flexibility index (Phi) is 6.40. The third-order valence-electron chi connectivity index (χ3n) is 2.75. The van der Waals surface area contributed by atoms with E-state index < -0.39 is 23.9 Å². The van der Waals surface area contributed by atoms with Crippen molar-refractivity contribution in [2.75, 3.05) is 12.4 Å². The highest BCUT2D eigenvalue weighted by Gasteiger charge is 2.21. The van der Waals surface area contributed by atoms with Crippen LogP contribution < -0.4 is 10.6 Å². The zero-order valence-corrected chi connectivity index (χ0v) is 13.4. The van der Waals surface area contributed by atoms with Crippen molar-refractivity contribution in [1.82, 2.24) is 5.32 Å². The van der Waals surface area contributed by atoms with Crippen molar-refractivity contribution >= 4 is 46.1 Å². The molecule has 0 bridgehead atoms. The Morgan fingerprint density at radius 3 is 2.43 bits per heavy atom. The smallest absolute Gasteiger partial charge is 0.326 e. The van der Waals surface area contributed by atoms with E-state index in [1.807, 2.05) is 0 Å². The lowest BCUT2D eigenvalue weighted by atomic mass is 10.1. The molecular weight excluding hydrogens is 391 g/mol. The van der Waals surface area contributed by atoms with Gasteiger partial charge in [0, 0.05) is 28.3 Å². The highest BCUT2D eigenvalue weighted by Crippen LogP contribution is 2.19. The molecule has 1 aromatic carbocycles. The van der Waals surface area contributed by atoms with Crippen LogP contribution in [0.3, 0.4) is 0 Å². The number of aliphatic carboxylic acids is 2. The first kappa shape index (κ1) is 17.2. The third kappa shape index (κ3) is 5.21. The molecule has 4 N–H and O–H groups in total. The number of carboxylic acids is 2. The van der Waals surface area contributed by atoms with Gasteiger partial charge in [-0.25, -0.2) is 4.79 Å². The highest BCUT2D eigenvalue weighted by molar-refractivity contribution is 14.1. The quantitative estimate of drug-likeness (QED) is 0.509. The van der Waals surface area contributed by atoms with E-state index in [2.05, 4.69) is 33.2 Å². The van der Waals surface area contributed by atoms with Crippen LogP contribution in [0.2, 0.25) is 0 Å². The summed E-state index contributed by atoms with van der Waals surface area (Å²) in [4.78, 5) is 33.5. The van der Waals surface area contributed by atoms with Gasteiger partial charge in [0.25, 0.3) is 5.91 Å². The van der Waals surface area contributed by atoms with Gasteiger partial charge in [0.15, 0.2) is 0 Å². The first-order valence-electron chi connectivity index (χ1n) is 6.08. The van der Waals surface area contributed by atoms with E-state index in [1.165, 1.54) is 0 Å². The number of anilines is 1. The standard InChI is InChI=1S/C13H15IN2O5/c1-15-9-3-2-7(6-8(9)14)12(19)16-10(13(20)21)4-5-11(17)18/h2-3,6,10,15H,4-5H2,1H3,(H,16,19)(H,17,18)(H,20,21)/t10-/m0/s1. The van der Waals surface area contributed by atoms with Crippen LogP contribution in [0.15, 0.2) is 18.2 Å². The maximum Gasteiger partial charge on any atom is 0.326 e. The Morgan fingerprint density at radius 1 is 1.29 bits per heavy atom. The maximum atomic E-state index is 12.0. The summed E-state index contributed by atoms with van der Waals surface area (Å²) >= 11 is 2.06. The van der Waals surface area contributed by atoms with Gasteiger partial charge in [-0.05, 0) is 47.2 Å². The second-order valence-electron chi connectivity index (χ2n) is 4.24. The fourth-order valence-corrected chi connectivity index (χ4v) is 2.41. The summed E-state index contributed by atoms with van der Waals surface area (Å²) in [6, 6.07) is 3.68. The number of nitrogens with one attached hydrogen (secondary N) is 2. The number of carbonyl (C=O) groups is 3. The van der Waals surface area contributed by atoms with Gasteiger partial charge in [0.2, 0.25) is 0 Å². The predicted octanol–water partition coefficient (Wildman–Crippen LogP) is 1.38. The molecule has 1 amide bonds. The monoisotopic (exact) mass is 406 g/mol. The molecule has 7 nitrogen and oxygen atoms in total. The normalized spacial score (nSPS) is 11.5. The predicted molar refractivity (Wildman–Crippen MR) is 84.5 cm³/mol. The van der Waals surface area contributed by atoms with Crippen LogP contribution in [-0.2, 0) is 9.59 Å². The number of benzene rings is 1. The summed E-state index contributed by atoms with van der Waals surface area (Å²) in [7, 11) is 1.75. The molecule has 0 saturated carbocycles.